The van der Waals surface area contributed by atoms with Crippen molar-refractivity contribution in [3.8, 4) is 0 Å². The second-order valence-electron chi connectivity index (χ2n) is 5.95. The third kappa shape index (κ3) is 3.83. The molecular formula is C16H30N4. The number of hydrogen-bond acceptors (Lipinski definition) is 3. The number of nitrogens with zero attached hydrogens (tertiary/aromatic N) is 3. The zero-order valence-corrected chi connectivity index (χ0v) is 13.1. The van der Waals surface area contributed by atoms with E-state index in [1.807, 2.05) is 0 Å². The predicted molar refractivity (Wildman–Crippen MR) is 83.6 cm³/mol. The molecule has 1 aromatic heterocycles. The fourth-order valence-electron chi connectivity index (χ4n) is 3.36. The highest BCUT2D eigenvalue weighted by atomic mass is 15.3. The molecule has 114 valence electrons. The van der Waals surface area contributed by atoms with Crippen LogP contribution in [0.15, 0.2) is 12.3 Å². The minimum absolute atomic E-state index is 0.540. The number of hydrogen-bond donors (Lipinski definition) is 1. The first kappa shape index (κ1) is 15.5. The first-order valence-electron chi connectivity index (χ1n) is 8.26. The molecule has 2 N–H and O–H groups in total. The summed E-state index contributed by atoms with van der Waals surface area (Å²) in [6, 6.07) is 3.44. The van der Waals surface area contributed by atoms with Crippen LogP contribution in [0.4, 0.5) is 0 Å². The molecule has 0 saturated heterocycles. The Bertz CT molecular complexity index is 378. The van der Waals surface area contributed by atoms with E-state index in [1.165, 1.54) is 31.4 Å². The zero-order chi connectivity index (χ0) is 14.4. The van der Waals surface area contributed by atoms with E-state index < -0.39 is 0 Å². The van der Waals surface area contributed by atoms with Crippen LogP contribution in [0.2, 0.25) is 0 Å². The van der Waals surface area contributed by atoms with Crippen molar-refractivity contribution in [2.24, 2.45) is 5.73 Å². The fraction of sp³-hybridized carbons (Fsp3) is 0.812. The first-order valence-corrected chi connectivity index (χ1v) is 8.26. The molecule has 0 aliphatic heterocycles. The van der Waals surface area contributed by atoms with Gasteiger partial charge in [-0.25, -0.2) is 0 Å². The van der Waals surface area contributed by atoms with Crippen LogP contribution in [0.25, 0.3) is 0 Å². The Hall–Kier alpha value is -0.870. The van der Waals surface area contributed by atoms with Gasteiger partial charge in [0.05, 0.1) is 11.7 Å². The van der Waals surface area contributed by atoms with Crippen LogP contribution in [0.1, 0.15) is 64.1 Å². The molecule has 1 aliphatic rings. The normalized spacial score (nSPS) is 16.6. The highest BCUT2D eigenvalue weighted by Gasteiger charge is 2.22. The van der Waals surface area contributed by atoms with E-state index in [0.717, 1.165) is 38.5 Å². The van der Waals surface area contributed by atoms with Gasteiger partial charge in [0, 0.05) is 31.9 Å². The molecule has 1 saturated carbocycles. The summed E-state index contributed by atoms with van der Waals surface area (Å²) < 4.78 is 2.14. The SMILES string of the molecule is CCC(CC)n1ccc(CN(CCN)C2CCCC2)n1. The van der Waals surface area contributed by atoms with E-state index in [0.29, 0.717) is 6.04 Å². The molecule has 0 bridgehead atoms. The minimum atomic E-state index is 0.540. The van der Waals surface area contributed by atoms with Gasteiger partial charge in [-0.2, -0.15) is 5.10 Å². The van der Waals surface area contributed by atoms with Crippen molar-refractivity contribution in [3.05, 3.63) is 18.0 Å². The highest BCUT2D eigenvalue weighted by molar-refractivity contribution is 5.00. The van der Waals surface area contributed by atoms with Gasteiger partial charge in [0.2, 0.25) is 0 Å². The number of rotatable bonds is 8. The van der Waals surface area contributed by atoms with Crippen LogP contribution in [0.3, 0.4) is 0 Å². The Labute approximate surface area is 123 Å². The van der Waals surface area contributed by atoms with Gasteiger partial charge in [0.25, 0.3) is 0 Å². The maximum absolute atomic E-state index is 5.78. The maximum Gasteiger partial charge on any atom is 0.0765 e. The maximum atomic E-state index is 5.78. The van der Waals surface area contributed by atoms with Crippen molar-refractivity contribution in [1.82, 2.24) is 14.7 Å². The standard InChI is InChI=1S/C16H30N4/c1-3-15(4-2)20-11-9-14(18-20)13-19(12-10-17)16-7-5-6-8-16/h9,11,15-16H,3-8,10,12-13,17H2,1-2H3. The second-order valence-corrected chi connectivity index (χ2v) is 5.95. The smallest absolute Gasteiger partial charge is 0.0765 e. The van der Waals surface area contributed by atoms with Crippen molar-refractivity contribution in [3.63, 3.8) is 0 Å². The van der Waals surface area contributed by atoms with Crippen molar-refractivity contribution in [1.29, 1.82) is 0 Å². The lowest BCUT2D eigenvalue weighted by Gasteiger charge is -2.27. The van der Waals surface area contributed by atoms with Gasteiger partial charge in [-0.1, -0.05) is 26.7 Å². The third-order valence-corrected chi connectivity index (χ3v) is 4.60. The number of aromatic nitrogens is 2. The zero-order valence-electron chi connectivity index (χ0n) is 13.1. The Morgan fingerprint density at radius 2 is 2.05 bits per heavy atom. The van der Waals surface area contributed by atoms with Crippen LogP contribution in [-0.2, 0) is 6.54 Å². The molecule has 1 aromatic rings. The molecule has 20 heavy (non-hydrogen) atoms. The summed E-state index contributed by atoms with van der Waals surface area (Å²) >= 11 is 0. The Morgan fingerprint density at radius 3 is 2.65 bits per heavy atom. The molecule has 1 aliphatic carbocycles. The summed E-state index contributed by atoms with van der Waals surface area (Å²) in [7, 11) is 0. The van der Waals surface area contributed by atoms with E-state index in [4.69, 9.17) is 10.8 Å². The first-order chi connectivity index (χ1) is 9.78. The summed E-state index contributed by atoms with van der Waals surface area (Å²) in [5, 5.41) is 4.78. The van der Waals surface area contributed by atoms with Crippen LogP contribution >= 0.6 is 0 Å². The molecule has 0 aromatic carbocycles. The molecule has 4 nitrogen and oxygen atoms in total. The van der Waals surface area contributed by atoms with E-state index in [1.54, 1.807) is 0 Å². The largest absolute Gasteiger partial charge is 0.329 e. The molecule has 0 atom stereocenters. The lowest BCUT2D eigenvalue weighted by molar-refractivity contribution is 0.192. The Morgan fingerprint density at radius 1 is 1.35 bits per heavy atom. The molecule has 1 heterocycles. The lowest BCUT2D eigenvalue weighted by Crippen LogP contribution is -2.36. The van der Waals surface area contributed by atoms with E-state index in [9.17, 15) is 0 Å². The summed E-state index contributed by atoms with van der Waals surface area (Å²) in [6.45, 7) is 7.14. The van der Waals surface area contributed by atoms with Gasteiger partial charge < -0.3 is 5.73 Å². The van der Waals surface area contributed by atoms with Gasteiger partial charge >= 0.3 is 0 Å². The van der Waals surface area contributed by atoms with Crippen molar-refractivity contribution in [2.45, 2.75) is 71.0 Å². The Kier molecular flexibility index (Phi) is 6.05. The minimum Gasteiger partial charge on any atom is -0.329 e. The van der Waals surface area contributed by atoms with Crippen LogP contribution < -0.4 is 5.73 Å². The van der Waals surface area contributed by atoms with Gasteiger partial charge in [-0.3, -0.25) is 9.58 Å². The average Bonchev–Trinajstić information content (AvgIpc) is 3.11. The van der Waals surface area contributed by atoms with Crippen LogP contribution in [0.5, 0.6) is 0 Å². The van der Waals surface area contributed by atoms with Crippen LogP contribution in [0, 0.1) is 0 Å². The molecule has 0 unspecified atom stereocenters. The second kappa shape index (κ2) is 7.79. The van der Waals surface area contributed by atoms with Gasteiger partial charge in [-0.05, 0) is 31.7 Å². The summed E-state index contributed by atoms with van der Waals surface area (Å²) in [5.41, 5.74) is 6.97. The molecule has 0 radical (unpaired) electrons. The summed E-state index contributed by atoms with van der Waals surface area (Å²) in [4.78, 5) is 2.53. The van der Waals surface area contributed by atoms with E-state index in [2.05, 4.69) is 35.7 Å². The molecule has 0 amide bonds. The Balaban J connectivity index is 1.99. The topological polar surface area (TPSA) is 47.1 Å². The molecule has 2 rings (SSSR count). The van der Waals surface area contributed by atoms with Gasteiger partial charge in [0.1, 0.15) is 0 Å². The van der Waals surface area contributed by atoms with Gasteiger partial charge in [-0.15, -0.1) is 0 Å². The predicted octanol–water partition coefficient (Wildman–Crippen LogP) is 2.95. The van der Waals surface area contributed by atoms with Crippen molar-refractivity contribution >= 4 is 0 Å². The van der Waals surface area contributed by atoms with E-state index in [-0.39, 0.29) is 0 Å². The lowest BCUT2D eigenvalue weighted by atomic mass is 10.2. The quantitative estimate of drug-likeness (QED) is 0.795. The molecular weight excluding hydrogens is 248 g/mol. The van der Waals surface area contributed by atoms with Crippen molar-refractivity contribution < 1.29 is 0 Å². The number of nitrogens with two attached hydrogens (primary N) is 1. The highest BCUT2D eigenvalue weighted by Crippen LogP contribution is 2.24. The van der Waals surface area contributed by atoms with Crippen molar-refractivity contribution in [2.75, 3.05) is 13.1 Å². The van der Waals surface area contributed by atoms with E-state index >= 15 is 0 Å². The van der Waals surface area contributed by atoms with Gasteiger partial charge in [0.15, 0.2) is 0 Å². The van der Waals surface area contributed by atoms with Crippen LogP contribution in [-0.4, -0.2) is 33.8 Å². The fourth-order valence-corrected chi connectivity index (χ4v) is 3.36. The molecule has 4 heteroatoms. The summed E-state index contributed by atoms with van der Waals surface area (Å²) in [5.74, 6) is 0. The summed E-state index contributed by atoms with van der Waals surface area (Å²) in [6.07, 6.45) is 9.82. The monoisotopic (exact) mass is 278 g/mol. The third-order valence-electron chi connectivity index (χ3n) is 4.60. The molecule has 0 spiro atoms. The average molecular weight is 278 g/mol. The molecule has 1 fully saturated rings.